The molecule has 0 N–H and O–H groups in total. The average molecular weight is 188 g/mol. The zero-order valence-corrected chi connectivity index (χ0v) is 9.70. The van der Waals surface area contributed by atoms with Gasteiger partial charge in [-0.2, -0.15) is 0 Å². The zero-order valence-electron chi connectivity index (χ0n) is 9.70. The number of hydrogen-bond acceptors (Lipinski definition) is 0. The van der Waals surface area contributed by atoms with E-state index >= 15 is 0 Å². The Morgan fingerprint density at radius 3 is 2.38 bits per heavy atom. The van der Waals surface area contributed by atoms with Crippen LogP contribution in [0.15, 0.2) is 11.6 Å². The van der Waals surface area contributed by atoms with E-state index in [-0.39, 0.29) is 0 Å². The van der Waals surface area contributed by atoms with Gasteiger partial charge in [-0.1, -0.05) is 25.3 Å². The van der Waals surface area contributed by atoms with E-state index in [0.717, 1.165) is 13.3 Å². The second kappa shape index (κ2) is 8.28. The van der Waals surface area contributed by atoms with Crippen LogP contribution in [0.25, 0.3) is 0 Å². The minimum Gasteiger partial charge on any atom is -0.751 e. The van der Waals surface area contributed by atoms with E-state index in [1.165, 1.54) is 31.3 Å². The maximum atomic E-state index is 3.90. The summed E-state index contributed by atoms with van der Waals surface area (Å²) in [5, 5.41) is 0. The first-order chi connectivity index (χ1) is 6.16. The molecule has 78 valence electrons. The Balaban J connectivity index is 3.30. The number of halogens is 1. The average Bonchev–Trinajstić information content (AvgIpc) is 2.09. The van der Waals surface area contributed by atoms with Gasteiger partial charge < -0.3 is 3.76 Å². The summed E-state index contributed by atoms with van der Waals surface area (Å²) in [6.07, 6.45) is 7.51. The number of hydrogen-bond donors (Lipinski definition) is 0. The summed E-state index contributed by atoms with van der Waals surface area (Å²) in [4.78, 5) is 0. The maximum absolute atomic E-state index is 3.90. The van der Waals surface area contributed by atoms with Crippen LogP contribution in [0.1, 0.15) is 46.5 Å². The predicted octanol–water partition coefficient (Wildman–Crippen LogP) is 3.78. The Labute approximate surface area is 83.1 Å². The van der Waals surface area contributed by atoms with Crippen LogP contribution in [-0.2, 0) is 0 Å². The van der Waals surface area contributed by atoms with E-state index in [9.17, 15) is 0 Å². The number of alkyl halides is 3. The molecule has 0 amide bonds. The second-order valence-corrected chi connectivity index (χ2v) is 3.91. The quantitative estimate of drug-likeness (QED) is 0.421. The van der Waals surface area contributed by atoms with Crippen LogP contribution in [0.2, 0.25) is 0 Å². The lowest BCUT2D eigenvalue weighted by Crippen LogP contribution is -2.08. The Hall–Kier alpha value is -0.330. The van der Waals surface area contributed by atoms with E-state index in [1.54, 1.807) is 0 Å². The minimum absolute atomic E-state index is 0.939. The summed E-state index contributed by atoms with van der Waals surface area (Å²) >= 11 is 0. The van der Waals surface area contributed by atoms with Crippen molar-refractivity contribution in [2.45, 2.75) is 46.5 Å². The van der Waals surface area contributed by atoms with Crippen molar-refractivity contribution < 1.29 is 3.76 Å². The normalized spacial score (nSPS) is 10.5. The van der Waals surface area contributed by atoms with Gasteiger partial charge in [0.05, 0.1) is 12.5 Å². The molecule has 0 fully saturated rings. The summed E-state index contributed by atoms with van der Waals surface area (Å²) < 4.78 is 3.90. The lowest BCUT2D eigenvalue weighted by molar-refractivity contribution is -0.873. The Kier molecular flexibility index (Phi) is 8.07. The molecule has 0 aliphatic heterocycles. The van der Waals surface area contributed by atoms with Crippen LogP contribution >= 0.6 is 0 Å². The second-order valence-electron chi connectivity index (χ2n) is 3.91. The third kappa shape index (κ3) is 9.59. The van der Waals surface area contributed by atoms with Gasteiger partial charge in [-0.15, -0.1) is 0 Å². The van der Waals surface area contributed by atoms with Crippen molar-refractivity contribution in [2.24, 2.45) is 0 Å². The van der Waals surface area contributed by atoms with Crippen molar-refractivity contribution in [2.75, 3.05) is 20.5 Å². The number of rotatable bonds is 7. The highest BCUT2D eigenvalue weighted by Gasteiger charge is 2.00. The Morgan fingerprint density at radius 2 is 1.85 bits per heavy atom. The first kappa shape index (κ1) is 12.7. The Bertz CT molecular complexity index is 134. The van der Waals surface area contributed by atoms with Crippen molar-refractivity contribution in [1.29, 1.82) is 0 Å². The van der Waals surface area contributed by atoms with E-state index in [0.29, 0.717) is 0 Å². The van der Waals surface area contributed by atoms with Gasteiger partial charge in [0.15, 0.2) is 0 Å². The number of unbranched alkanes of at least 4 members (excludes halogenated alkanes) is 3. The van der Waals surface area contributed by atoms with Gasteiger partial charge in [-0.05, 0) is 20.3 Å². The molecule has 1 heteroatoms. The molecule has 0 aliphatic rings. The van der Waals surface area contributed by atoms with Crippen LogP contribution in [0.5, 0.6) is 0 Å². The van der Waals surface area contributed by atoms with E-state index in [4.69, 9.17) is 0 Å². The molecule has 0 aliphatic carbocycles. The summed E-state index contributed by atoms with van der Waals surface area (Å²) in [6, 6.07) is 0. The van der Waals surface area contributed by atoms with Crippen LogP contribution in [0.3, 0.4) is 0 Å². The summed E-state index contributed by atoms with van der Waals surface area (Å²) in [5.41, 5.74) is 1.38. The molecule has 0 unspecified atom stereocenters. The van der Waals surface area contributed by atoms with Crippen molar-refractivity contribution in [1.82, 2.24) is 0 Å². The monoisotopic (exact) mass is 188 g/mol. The SMILES string of the molecule is CCCCCC[F+2](C)CC=C(C)C. The number of allylic oxidation sites excluding steroid dienone is 2. The van der Waals surface area contributed by atoms with Crippen LogP contribution in [0.4, 0.5) is 0 Å². The van der Waals surface area contributed by atoms with Gasteiger partial charge in [0.25, 0.3) is 20.5 Å². The fourth-order valence-electron chi connectivity index (χ4n) is 1.11. The van der Waals surface area contributed by atoms with Gasteiger partial charge in [0.2, 0.25) is 0 Å². The molecule has 0 aromatic rings. The molecule has 0 aromatic heterocycles. The molecular formula is C12H25F+2. The molecule has 0 atom stereocenters. The summed E-state index contributed by atoms with van der Waals surface area (Å²) in [5.74, 6) is 0. The highest BCUT2D eigenvalue weighted by atomic mass is 19.4. The molecule has 0 rings (SSSR count). The van der Waals surface area contributed by atoms with Crippen molar-refractivity contribution in [3.63, 3.8) is 0 Å². The summed E-state index contributed by atoms with van der Waals surface area (Å²) in [6.45, 7) is 8.52. The molecule has 0 nitrogen and oxygen atoms in total. The largest absolute Gasteiger partial charge is 0.751 e. The summed E-state index contributed by atoms with van der Waals surface area (Å²) in [7, 11) is 2.03. The van der Waals surface area contributed by atoms with Crippen LogP contribution in [-0.4, -0.2) is 20.5 Å². The van der Waals surface area contributed by atoms with E-state index < -0.39 is 0 Å². The van der Waals surface area contributed by atoms with Crippen molar-refractivity contribution >= 4 is 0 Å². The van der Waals surface area contributed by atoms with Crippen LogP contribution in [0, 0.1) is 3.76 Å². The highest BCUT2D eigenvalue weighted by Crippen LogP contribution is 2.04. The fourth-order valence-corrected chi connectivity index (χ4v) is 1.11. The highest BCUT2D eigenvalue weighted by molar-refractivity contribution is 4.92. The third-order valence-electron chi connectivity index (χ3n) is 2.06. The van der Waals surface area contributed by atoms with Gasteiger partial charge in [-0.3, -0.25) is 0 Å². The molecule has 0 aromatic carbocycles. The topological polar surface area (TPSA) is 0 Å². The lowest BCUT2D eigenvalue weighted by atomic mass is 10.2. The fraction of sp³-hybridized carbons (Fsp3) is 0.833. The maximum Gasteiger partial charge on any atom is 0.284 e. The van der Waals surface area contributed by atoms with Gasteiger partial charge >= 0.3 is 0 Å². The first-order valence-corrected chi connectivity index (χ1v) is 5.32. The molecule has 0 heterocycles. The van der Waals surface area contributed by atoms with E-state index in [1.807, 2.05) is 7.18 Å². The van der Waals surface area contributed by atoms with Crippen LogP contribution < -0.4 is 0 Å². The van der Waals surface area contributed by atoms with Crippen molar-refractivity contribution in [3.8, 4) is 0 Å². The smallest absolute Gasteiger partial charge is 0.284 e. The molecule has 13 heavy (non-hydrogen) atoms. The zero-order chi connectivity index (χ0) is 10.1. The molecule has 0 saturated carbocycles. The van der Waals surface area contributed by atoms with Gasteiger partial charge in [0, 0.05) is 0 Å². The molecule has 0 bridgehead atoms. The molecular weight excluding hydrogens is 163 g/mol. The first-order valence-electron chi connectivity index (χ1n) is 5.32. The Morgan fingerprint density at radius 1 is 1.15 bits per heavy atom. The minimum atomic E-state index is 0.939. The third-order valence-corrected chi connectivity index (χ3v) is 2.06. The standard InChI is InChI=1S/C12H25F/c1-5-6-7-8-10-13(4)11-9-12(2)3/h9H,5-8,10-11H2,1-4H3/q+2. The van der Waals surface area contributed by atoms with Crippen molar-refractivity contribution in [3.05, 3.63) is 11.6 Å². The van der Waals surface area contributed by atoms with E-state index in [2.05, 4.69) is 30.6 Å². The predicted molar refractivity (Wildman–Crippen MR) is 59.2 cm³/mol. The molecule has 0 radical (unpaired) electrons. The molecule has 0 spiro atoms. The van der Waals surface area contributed by atoms with Gasteiger partial charge in [-0.25, -0.2) is 0 Å². The molecule has 0 saturated heterocycles. The van der Waals surface area contributed by atoms with Gasteiger partial charge in [0.1, 0.15) is 0 Å². The lowest BCUT2D eigenvalue weighted by Gasteiger charge is -2.20.